The summed E-state index contributed by atoms with van der Waals surface area (Å²) in [5.41, 5.74) is 1.19. The van der Waals surface area contributed by atoms with Gasteiger partial charge in [-0.15, -0.1) is 0 Å². The molecule has 1 aliphatic rings. The number of hydrogen-bond donors (Lipinski definition) is 0. The predicted molar refractivity (Wildman–Crippen MR) is 66.8 cm³/mol. The second kappa shape index (κ2) is 5.78. The molecule has 1 aromatic rings. The van der Waals surface area contributed by atoms with E-state index in [9.17, 15) is 9.59 Å². The normalized spacial score (nSPS) is 20.7. The Hall–Kier alpha value is -1.68. The van der Waals surface area contributed by atoms with Gasteiger partial charge >= 0.3 is 5.97 Å². The summed E-state index contributed by atoms with van der Waals surface area (Å²) in [5, 5.41) is 0. The van der Waals surface area contributed by atoms with Crippen LogP contribution in [0.3, 0.4) is 0 Å². The van der Waals surface area contributed by atoms with Crippen molar-refractivity contribution in [3.8, 4) is 0 Å². The smallest absolute Gasteiger partial charge is 0.317 e. The predicted octanol–water partition coefficient (Wildman–Crippen LogP) is 1.25. The van der Waals surface area contributed by atoms with Crippen molar-refractivity contribution in [2.24, 2.45) is 5.92 Å². The molecule has 0 aromatic heterocycles. The number of carbonyl (C=O) groups is 2. The SMILES string of the molecule is COC(=O)[C@H]1CN(Cc2ccccc2)CCC1=O. The molecular formula is C14H17NO3. The number of rotatable bonds is 3. The lowest BCUT2D eigenvalue weighted by atomic mass is 9.96. The number of benzene rings is 1. The van der Waals surface area contributed by atoms with Crippen LogP contribution in [0.2, 0.25) is 0 Å². The van der Waals surface area contributed by atoms with Gasteiger partial charge in [-0.3, -0.25) is 14.5 Å². The summed E-state index contributed by atoms with van der Waals surface area (Å²) in [6, 6.07) is 10.0. The number of nitrogens with zero attached hydrogens (tertiary/aromatic N) is 1. The fourth-order valence-electron chi connectivity index (χ4n) is 2.23. The highest BCUT2D eigenvalue weighted by Gasteiger charge is 2.33. The van der Waals surface area contributed by atoms with Crippen LogP contribution in [-0.4, -0.2) is 36.9 Å². The number of piperidine rings is 1. The number of ketones is 1. The van der Waals surface area contributed by atoms with Gasteiger partial charge in [0.1, 0.15) is 11.7 Å². The topological polar surface area (TPSA) is 46.6 Å². The number of likely N-dealkylation sites (tertiary alicyclic amines) is 1. The van der Waals surface area contributed by atoms with Crippen LogP contribution in [0.15, 0.2) is 30.3 Å². The van der Waals surface area contributed by atoms with Crippen LogP contribution >= 0.6 is 0 Å². The maximum Gasteiger partial charge on any atom is 0.317 e. The minimum absolute atomic E-state index is 0.00818. The van der Waals surface area contributed by atoms with E-state index < -0.39 is 11.9 Å². The molecule has 0 radical (unpaired) electrons. The van der Waals surface area contributed by atoms with Crippen LogP contribution in [0.1, 0.15) is 12.0 Å². The van der Waals surface area contributed by atoms with E-state index in [1.165, 1.54) is 12.7 Å². The molecule has 1 aliphatic heterocycles. The van der Waals surface area contributed by atoms with Crippen molar-refractivity contribution in [3.05, 3.63) is 35.9 Å². The van der Waals surface area contributed by atoms with Gasteiger partial charge in [0.2, 0.25) is 0 Å². The molecule has 0 unspecified atom stereocenters. The number of esters is 1. The highest BCUT2D eigenvalue weighted by Crippen LogP contribution is 2.16. The molecule has 0 spiro atoms. The molecule has 96 valence electrons. The van der Waals surface area contributed by atoms with Crippen LogP contribution in [0.5, 0.6) is 0 Å². The van der Waals surface area contributed by atoms with Crippen LogP contribution in [0, 0.1) is 5.92 Å². The largest absolute Gasteiger partial charge is 0.468 e. The van der Waals surface area contributed by atoms with E-state index in [0.717, 1.165) is 6.54 Å². The van der Waals surface area contributed by atoms with Crippen LogP contribution in [0.4, 0.5) is 0 Å². The van der Waals surface area contributed by atoms with Crippen molar-refractivity contribution in [3.63, 3.8) is 0 Å². The molecule has 0 N–H and O–H groups in total. The fourth-order valence-corrected chi connectivity index (χ4v) is 2.23. The summed E-state index contributed by atoms with van der Waals surface area (Å²) in [5.74, 6) is -1.05. The van der Waals surface area contributed by atoms with Gasteiger partial charge in [0, 0.05) is 26.1 Å². The Labute approximate surface area is 107 Å². The third kappa shape index (κ3) is 2.96. The summed E-state index contributed by atoms with van der Waals surface area (Å²) >= 11 is 0. The van der Waals surface area contributed by atoms with E-state index in [4.69, 9.17) is 0 Å². The Morgan fingerprint density at radius 2 is 2.11 bits per heavy atom. The van der Waals surface area contributed by atoms with Gasteiger partial charge in [-0.25, -0.2) is 0 Å². The minimum Gasteiger partial charge on any atom is -0.468 e. The van der Waals surface area contributed by atoms with Gasteiger partial charge in [0.15, 0.2) is 0 Å². The highest BCUT2D eigenvalue weighted by molar-refractivity contribution is 5.99. The zero-order chi connectivity index (χ0) is 13.0. The maximum atomic E-state index is 11.7. The minimum atomic E-state index is -0.618. The molecule has 0 aliphatic carbocycles. The number of ether oxygens (including phenoxy) is 1. The van der Waals surface area contributed by atoms with Crippen molar-refractivity contribution in [2.45, 2.75) is 13.0 Å². The molecule has 0 amide bonds. The van der Waals surface area contributed by atoms with E-state index in [-0.39, 0.29) is 5.78 Å². The zero-order valence-electron chi connectivity index (χ0n) is 10.5. The average Bonchev–Trinajstić information content (AvgIpc) is 2.41. The molecule has 4 heteroatoms. The van der Waals surface area contributed by atoms with Crippen LogP contribution in [0.25, 0.3) is 0 Å². The van der Waals surface area contributed by atoms with E-state index in [1.54, 1.807) is 0 Å². The Bertz CT molecular complexity index is 422. The molecule has 1 heterocycles. The van der Waals surface area contributed by atoms with Gasteiger partial charge in [0.05, 0.1) is 7.11 Å². The average molecular weight is 247 g/mol. The van der Waals surface area contributed by atoms with E-state index in [1.807, 2.05) is 30.3 Å². The Morgan fingerprint density at radius 3 is 2.78 bits per heavy atom. The molecule has 0 bridgehead atoms. The maximum absolute atomic E-state index is 11.7. The van der Waals surface area contributed by atoms with Crippen molar-refractivity contribution < 1.29 is 14.3 Å². The quantitative estimate of drug-likeness (QED) is 0.596. The Kier molecular flexibility index (Phi) is 4.10. The van der Waals surface area contributed by atoms with E-state index in [2.05, 4.69) is 9.64 Å². The van der Waals surface area contributed by atoms with Crippen molar-refractivity contribution in [2.75, 3.05) is 20.2 Å². The molecule has 1 fully saturated rings. The molecule has 1 atom stereocenters. The molecule has 0 saturated carbocycles. The van der Waals surface area contributed by atoms with Crippen LogP contribution in [-0.2, 0) is 20.9 Å². The zero-order valence-corrected chi connectivity index (χ0v) is 10.5. The van der Waals surface area contributed by atoms with Crippen LogP contribution < -0.4 is 0 Å². The first-order chi connectivity index (χ1) is 8.70. The standard InChI is InChI=1S/C14H17NO3/c1-18-14(17)12-10-15(8-7-13(12)16)9-11-5-3-2-4-6-11/h2-6,12H,7-10H2,1H3/t12-/m0/s1. The number of carbonyl (C=O) groups excluding carboxylic acids is 2. The Balaban J connectivity index is 1.99. The number of hydrogen-bond acceptors (Lipinski definition) is 4. The van der Waals surface area contributed by atoms with E-state index >= 15 is 0 Å². The first kappa shape index (κ1) is 12.8. The van der Waals surface area contributed by atoms with Gasteiger partial charge in [-0.2, -0.15) is 0 Å². The van der Waals surface area contributed by atoms with E-state index in [0.29, 0.717) is 19.5 Å². The third-order valence-electron chi connectivity index (χ3n) is 3.24. The van der Waals surface area contributed by atoms with Gasteiger partial charge in [-0.1, -0.05) is 30.3 Å². The monoisotopic (exact) mass is 247 g/mol. The lowest BCUT2D eigenvalue weighted by Crippen LogP contribution is -2.44. The second-order valence-corrected chi connectivity index (χ2v) is 4.51. The summed E-state index contributed by atoms with van der Waals surface area (Å²) in [6.45, 7) is 1.93. The molecular weight excluding hydrogens is 230 g/mol. The number of methoxy groups -OCH3 is 1. The highest BCUT2D eigenvalue weighted by atomic mass is 16.5. The van der Waals surface area contributed by atoms with Crippen molar-refractivity contribution in [1.29, 1.82) is 0 Å². The van der Waals surface area contributed by atoms with Gasteiger partial charge in [0.25, 0.3) is 0 Å². The van der Waals surface area contributed by atoms with Gasteiger partial charge < -0.3 is 4.74 Å². The lowest BCUT2D eigenvalue weighted by Gasteiger charge is -2.30. The van der Waals surface area contributed by atoms with Crippen molar-refractivity contribution >= 4 is 11.8 Å². The molecule has 1 aromatic carbocycles. The molecule has 2 rings (SSSR count). The van der Waals surface area contributed by atoms with Gasteiger partial charge in [-0.05, 0) is 5.56 Å². The first-order valence-corrected chi connectivity index (χ1v) is 6.07. The summed E-state index contributed by atoms with van der Waals surface area (Å²) in [6.07, 6.45) is 0.423. The lowest BCUT2D eigenvalue weighted by molar-refractivity contribution is -0.152. The first-order valence-electron chi connectivity index (χ1n) is 6.07. The number of Topliss-reactive ketones (excluding diaryl/α,β-unsaturated/α-hetero) is 1. The fraction of sp³-hybridized carbons (Fsp3) is 0.429. The molecule has 4 nitrogen and oxygen atoms in total. The summed E-state index contributed by atoms with van der Waals surface area (Å²) in [4.78, 5) is 25.3. The third-order valence-corrected chi connectivity index (χ3v) is 3.24. The molecule has 18 heavy (non-hydrogen) atoms. The van der Waals surface area contributed by atoms with Crippen molar-refractivity contribution in [1.82, 2.24) is 4.90 Å². The second-order valence-electron chi connectivity index (χ2n) is 4.51. The summed E-state index contributed by atoms with van der Waals surface area (Å²) in [7, 11) is 1.33. The Morgan fingerprint density at radius 1 is 1.39 bits per heavy atom. The molecule has 1 saturated heterocycles. The summed E-state index contributed by atoms with van der Waals surface area (Å²) < 4.78 is 4.67.